The van der Waals surface area contributed by atoms with Gasteiger partial charge in [0.15, 0.2) is 0 Å². The summed E-state index contributed by atoms with van der Waals surface area (Å²) >= 11 is 1.54. The molecule has 0 aliphatic carbocycles. The number of hydrogen-bond acceptors (Lipinski definition) is 4. The van der Waals surface area contributed by atoms with Gasteiger partial charge in [-0.15, -0.1) is 11.8 Å². The lowest BCUT2D eigenvalue weighted by atomic mass is 9.99. The molecule has 2 heterocycles. The van der Waals surface area contributed by atoms with E-state index in [1.165, 1.54) is 11.8 Å². The fraction of sp³-hybridized carbons (Fsp3) is 0.115. The van der Waals surface area contributed by atoms with Crippen LogP contribution in [-0.2, 0) is 17.9 Å². The molecule has 0 bridgehead atoms. The lowest BCUT2D eigenvalue weighted by Crippen LogP contribution is -2.31. The monoisotopic (exact) mass is 425 g/mol. The van der Waals surface area contributed by atoms with E-state index in [2.05, 4.69) is 34.2 Å². The topological polar surface area (TPSA) is 46.1 Å². The summed E-state index contributed by atoms with van der Waals surface area (Å²) < 4.78 is 0. The van der Waals surface area contributed by atoms with Gasteiger partial charge in [-0.1, -0.05) is 54.6 Å². The van der Waals surface area contributed by atoms with Crippen molar-refractivity contribution in [2.45, 2.75) is 18.0 Å². The van der Waals surface area contributed by atoms with Gasteiger partial charge in [0.2, 0.25) is 5.91 Å². The molecule has 154 valence electrons. The van der Waals surface area contributed by atoms with E-state index < -0.39 is 0 Å². The molecule has 0 saturated heterocycles. The Labute approximate surface area is 187 Å². The van der Waals surface area contributed by atoms with Gasteiger partial charge in [0.25, 0.3) is 0 Å². The number of hydrogen-bond donors (Lipinski definition) is 0. The zero-order valence-corrected chi connectivity index (χ0v) is 17.9. The van der Waals surface area contributed by atoms with E-state index >= 15 is 0 Å². The molecule has 31 heavy (non-hydrogen) atoms. The third kappa shape index (κ3) is 5.80. The van der Waals surface area contributed by atoms with Gasteiger partial charge >= 0.3 is 0 Å². The summed E-state index contributed by atoms with van der Waals surface area (Å²) in [5, 5.41) is 0. The highest BCUT2D eigenvalue weighted by atomic mass is 32.2. The fourth-order valence-electron chi connectivity index (χ4n) is 3.37. The number of rotatable bonds is 8. The predicted octanol–water partition coefficient (Wildman–Crippen LogP) is 5.46. The summed E-state index contributed by atoms with van der Waals surface area (Å²) in [5.74, 6) is 0.476. The Morgan fingerprint density at radius 1 is 0.742 bits per heavy atom. The zero-order chi connectivity index (χ0) is 21.3. The lowest BCUT2D eigenvalue weighted by Gasteiger charge is -2.24. The molecule has 4 aromatic rings. The van der Waals surface area contributed by atoms with E-state index in [1.807, 2.05) is 59.5 Å². The van der Waals surface area contributed by atoms with Crippen molar-refractivity contribution in [1.82, 2.24) is 14.9 Å². The van der Waals surface area contributed by atoms with Crippen LogP contribution in [0.15, 0.2) is 109 Å². The first-order chi connectivity index (χ1) is 15.3. The number of pyridine rings is 2. The van der Waals surface area contributed by atoms with E-state index in [0.29, 0.717) is 18.8 Å². The molecular weight excluding hydrogens is 402 g/mol. The molecule has 4 rings (SSSR count). The molecule has 0 N–H and O–H groups in total. The predicted molar refractivity (Wildman–Crippen MR) is 125 cm³/mol. The summed E-state index contributed by atoms with van der Waals surface area (Å²) in [6.45, 7) is 1.09. The quantitative estimate of drug-likeness (QED) is 0.352. The van der Waals surface area contributed by atoms with Gasteiger partial charge in [-0.3, -0.25) is 14.8 Å². The summed E-state index contributed by atoms with van der Waals surface area (Å²) in [6, 6.07) is 26.4. The molecule has 0 atom stereocenters. The Kier molecular flexibility index (Phi) is 7.08. The number of benzene rings is 2. The SMILES string of the molecule is O=C(CSc1ccncc1)N(Cc1ccncc1)Cc1ccccc1-c1ccccc1. The number of carbonyl (C=O) groups excluding carboxylic acids is 1. The van der Waals surface area contributed by atoms with Crippen LogP contribution in [0.5, 0.6) is 0 Å². The largest absolute Gasteiger partial charge is 0.333 e. The molecule has 0 unspecified atom stereocenters. The molecule has 0 spiro atoms. The van der Waals surface area contributed by atoms with Gasteiger partial charge in [-0.05, 0) is 46.5 Å². The average molecular weight is 426 g/mol. The Balaban J connectivity index is 1.57. The molecule has 0 aliphatic rings. The molecule has 0 fully saturated rings. The lowest BCUT2D eigenvalue weighted by molar-refractivity contribution is -0.129. The molecule has 2 aromatic carbocycles. The smallest absolute Gasteiger partial charge is 0.233 e. The second-order valence-electron chi connectivity index (χ2n) is 7.10. The molecule has 2 aromatic heterocycles. The molecule has 5 heteroatoms. The maximum absolute atomic E-state index is 13.2. The van der Waals surface area contributed by atoms with Crippen molar-refractivity contribution in [3.05, 3.63) is 115 Å². The number of carbonyl (C=O) groups is 1. The van der Waals surface area contributed by atoms with Crippen molar-refractivity contribution < 1.29 is 4.79 Å². The minimum absolute atomic E-state index is 0.0986. The van der Waals surface area contributed by atoms with Crippen LogP contribution < -0.4 is 0 Å². The second kappa shape index (κ2) is 10.5. The van der Waals surface area contributed by atoms with Gasteiger partial charge in [0, 0.05) is 42.8 Å². The van der Waals surface area contributed by atoms with Crippen LogP contribution in [0, 0.1) is 0 Å². The van der Waals surface area contributed by atoms with Crippen LogP contribution in [-0.4, -0.2) is 26.5 Å². The van der Waals surface area contributed by atoms with Crippen molar-refractivity contribution in [2.24, 2.45) is 0 Å². The van der Waals surface area contributed by atoms with E-state index in [-0.39, 0.29) is 5.91 Å². The highest BCUT2D eigenvalue weighted by Crippen LogP contribution is 2.26. The standard InChI is InChI=1S/C26H23N3OS/c30-26(20-31-24-12-16-28-17-13-24)29(18-21-10-14-27-15-11-21)19-23-8-4-5-9-25(23)22-6-2-1-3-7-22/h1-17H,18-20H2. The van der Waals surface area contributed by atoms with E-state index in [0.717, 1.165) is 27.1 Å². The number of thioether (sulfide) groups is 1. The van der Waals surface area contributed by atoms with E-state index in [1.54, 1.807) is 24.8 Å². The number of aromatic nitrogens is 2. The highest BCUT2D eigenvalue weighted by molar-refractivity contribution is 8.00. The number of amides is 1. The van der Waals surface area contributed by atoms with Gasteiger partial charge in [0.05, 0.1) is 5.75 Å². The van der Waals surface area contributed by atoms with Crippen molar-refractivity contribution >= 4 is 17.7 Å². The minimum Gasteiger partial charge on any atom is -0.333 e. The Bertz CT molecular complexity index is 1110. The van der Waals surface area contributed by atoms with Crippen molar-refractivity contribution in [2.75, 3.05) is 5.75 Å². The van der Waals surface area contributed by atoms with Crippen LogP contribution in [0.3, 0.4) is 0 Å². The Morgan fingerprint density at radius 3 is 2.13 bits per heavy atom. The zero-order valence-electron chi connectivity index (χ0n) is 17.1. The summed E-state index contributed by atoms with van der Waals surface area (Å²) in [7, 11) is 0. The summed E-state index contributed by atoms with van der Waals surface area (Å²) in [6.07, 6.45) is 7.03. The van der Waals surface area contributed by atoms with Gasteiger partial charge in [0.1, 0.15) is 0 Å². The van der Waals surface area contributed by atoms with E-state index in [4.69, 9.17) is 0 Å². The van der Waals surface area contributed by atoms with Crippen LogP contribution in [0.2, 0.25) is 0 Å². The molecule has 0 saturated carbocycles. The molecule has 1 amide bonds. The molecule has 0 radical (unpaired) electrons. The van der Waals surface area contributed by atoms with Crippen molar-refractivity contribution in [1.29, 1.82) is 0 Å². The average Bonchev–Trinajstić information content (AvgIpc) is 2.84. The first-order valence-electron chi connectivity index (χ1n) is 10.1. The first-order valence-corrected chi connectivity index (χ1v) is 11.1. The molecule has 0 aliphatic heterocycles. The van der Waals surface area contributed by atoms with E-state index in [9.17, 15) is 4.79 Å². The maximum Gasteiger partial charge on any atom is 0.233 e. The van der Waals surface area contributed by atoms with Crippen molar-refractivity contribution in [3.63, 3.8) is 0 Å². The second-order valence-corrected chi connectivity index (χ2v) is 8.15. The van der Waals surface area contributed by atoms with Crippen molar-refractivity contribution in [3.8, 4) is 11.1 Å². The Hall–Kier alpha value is -3.44. The highest BCUT2D eigenvalue weighted by Gasteiger charge is 2.17. The minimum atomic E-state index is 0.0986. The summed E-state index contributed by atoms with van der Waals surface area (Å²) in [4.78, 5) is 24.3. The number of nitrogens with zero attached hydrogens (tertiary/aromatic N) is 3. The molecule has 4 nitrogen and oxygen atoms in total. The Morgan fingerprint density at radius 2 is 1.39 bits per heavy atom. The van der Waals surface area contributed by atoms with Crippen LogP contribution >= 0.6 is 11.8 Å². The fourth-order valence-corrected chi connectivity index (χ4v) is 4.16. The summed E-state index contributed by atoms with van der Waals surface area (Å²) in [5.41, 5.74) is 4.50. The normalized spacial score (nSPS) is 10.6. The maximum atomic E-state index is 13.2. The van der Waals surface area contributed by atoms with Crippen LogP contribution in [0.1, 0.15) is 11.1 Å². The third-order valence-corrected chi connectivity index (χ3v) is 5.95. The van der Waals surface area contributed by atoms with Crippen LogP contribution in [0.4, 0.5) is 0 Å². The first kappa shape index (κ1) is 20.8. The molecular formula is C26H23N3OS. The third-order valence-electron chi connectivity index (χ3n) is 4.95. The van der Waals surface area contributed by atoms with Gasteiger partial charge < -0.3 is 4.90 Å². The van der Waals surface area contributed by atoms with Crippen LogP contribution in [0.25, 0.3) is 11.1 Å². The van der Waals surface area contributed by atoms with Gasteiger partial charge in [-0.25, -0.2) is 0 Å². The van der Waals surface area contributed by atoms with Gasteiger partial charge in [-0.2, -0.15) is 0 Å².